The van der Waals surface area contributed by atoms with Crippen molar-refractivity contribution in [1.29, 1.82) is 0 Å². The molecule has 0 aromatic heterocycles. The third-order valence-electron chi connectivity index (χ3n) is 3.06. The van der Waals surface area contributed by atoms with Gasteiger partial charge in [-0.25, -0.2) is 13.7 Å². The minimum atomic E-state index is -1.17. The number of benzene rings is 2. The van der Waals surface area contributed by atoms with E-state index in [9.17, 15) is 18.4 Å². The van der Waals surface area contributed by atoms with E-state index in [2.05, 4.69) is 0 Å². The number of nitrogen functional groups attached to an aromatic ring is 1. The smallest absolute Gasteiger partial charge is 0.266 e. The number of hydrogen-bond acceptors (Lipinski definition) is 3. The quantitative estimate of drug-likeness (QED) is 0.641. The van der Waals surface area contributed by atoms with Crippen LogP contribution in [0.3, 0.4) is 0 Å². The number of anilines is 2. The zero-order valence-electron chi connectivity index (χ0n) is 10.1. The average Bonchev–Trinajstić information content (AvgIpc) is 2.63. The van der Waals surface area contributed by atoms with E-state index < -0.39 is 23.4 Å². The van der Waals surface area contributed by atoms with E-state index in [4.69, 9.17) is 5.73 Å². The number of rotatable bonds is 1. The van der Waals surface area contributed by atoms with Gasteiger partial charge in [-0.1, -0.05) is 6.07 Å². The first-order valence-corrected chi connectivity index (χ1v) is 5.72. The lowest BCUT2D eigenvalue weighted by atomic mass is 10.1. The van der Waals surface area contributed by atoms with Gasteiger partial charge in [-0.15, -0.1) is 0 Å². The summed E-state index contributed by atoms with van der Waals surface area (Å²) in [5.41, 5.74) is 5.92. The summed E-state index contributed by atoms with van der Waals surface area (Å²) < 4.78 is 26.4. The van der Waals surface area contributed by atoms with Gasteiger partial charge in [0.05, 0.1) is 16.8 Å². The molecule has 0 atom stereocenters. The molecule has 0 bridgehead atoms. The molecule has 1 aliphatic rings. The van der Waals surface area contributed by atoms with Crippen molar-refractivity contribution >= 4 is 23.2 Å². The molecule has 3 rings (SSSR count). The van der Waals surface area contributed by atoms with Gasteiger partial charge < -0.3 is 5.73 Å². The predicted molar refractivity (Wildman–Crippen MR) is 68.4 cm³/mol. The van der Waals surface area contributed by atoms with Crippen molar-refractivity contribution in [3.05, 3.63) is 59.2 Å². The molecule has 2 aromatic carbocycles. The van der Waals surface area contributed by atoms with E-state index in [1.54, 1.807) is 12.1 Å². The largest absolute Gasteiger partial charge is 0.399 e. The Morgan fingerprint density at radius 2 is 1.45 bits per heavy atom. The molecule has 1 aliphatic heterocycles. The number of halogens is 2. The molecular formula is C14H8F2N2O2. The fraction of sp³-hybridized carbons (Fsp3) is 0. The number of nitrogens with zero attached hydrogens (tertiary/aromatic N) is 1. The third kappa shape index (κ3) is 1.65. The van der Waals surface area contributed by atoms with Crippen LogP contribution in [0.2, 0.25) is 0 Å². The number of amides is 2. The van der Waals surface area contributed by atoms with Gasteiger partial charge in [0, 0.05) is 5.69 Å². The summed E-state index contributed by atoms with van der Waals surface area (Å²) in [5, 5.41) is 0. The monoisotopic (exact) mass is 274 g/mol. The van der Waals surface area contributed by atoms with Crippen molar-refractivity contribution in [2.24, 2.45) is 0 Å². The first-order chi connectivity index (χ1) is 9.49. The second-order valence-corrected chi connectivity index (χ2v) is 4.35. The first kappa shape index (κ1) is 12.3. The Hall–Kier alpha value is -2.76. The van der Waals surface area contributed by atoms with Crippen LogP contribution in [0.15, 0.2) is 36.4 Å². The Morgan fingerprint density at radius 3 is 1.95 bits per heavy atom. The van der Waals surface area contributed by atoms with Gasteiger partial charge in [-0.3, -0.25) is 9.59 Å². The fourth-order valence-electron chi connectivity index (χ4n) is 2.13. The maximum absolute atomic E-state index is 13.2. The lowest BCUT2D eigenvalue weighted by Gasteiger charge is -2.13. The van der Waals surface area contributed by atoms with Crippen LogP contribution in [0.4, 0.5) is 20.2 Å². The fourth-order valence-corrected chi connectivity index (χ4v) is 2.13. The second-order valence-electron chi connectivity index (χ2n) is 4.35. The van der Waals surface area contributed by atoms with Crippen LogP contribution in [-0.4, -0.2) is 11.8 Å². The van der Waals surface area contributed by atoms with E-state index in [-0.39, 0.29) is 16.8 Å². The van der Waals surface area contributed by atoms with Crippen LogP contribution in [0.1, 0.15) is 20.7 Å². The number of imide groups is 1. The topological polar surface area (TPSA) is 63.4 Å². The van der Waals surface area contributed by atoms with Crippen molar-refractivity contribution < 1.29 is 18.4 Å². The summed E-state index contributed by atoms with van der Waals surface area (Å²) in [6, 6.07) is 7.60. The van der Waals surface area contributed by atoms with Crippen LogP contribution in [0.25, 0.3) is 0 Å². The maximum atomic E-state index is 13.2. The third-order valence-corrected chi connectivity index (χ3v) is 3.06. The van der Waals surface area contributed by atoms with Gasteiger partial charge in [-0.05, 0) is 30.3 Å². The molecule has 20 heavy (non-hydrogen) atoms. The van der Waals surface area contributed by atoms with Crippen molar-refractivity contribution in [2.75, 3.05) is 10.6 Å². The zero-order valence-corrected chi connectivity index (χ0v) is 10.1. The highest BCUT2D eigenvalue weighted by Gasteiger charge is 2.37. The van der Waals surface area contributed by atoms with Gasteiger partial charge in [0.25, 0.3) is 11.8 Å². The highest BCUT2D eigenvalue weighted by molar-refractivity contribution is 6.34. The Kier molecular flexibility index (Phi) is 2.53. The molecule has 4 nitrogen and oxygen atoms in total. The van der Waals surface area contributed by atoms with Crippen molar-refractivity contribution in [2.45, 2.75) is 0 Å². The normalized spacial score (nSPS) is 13.8. The zero-order chi connectivity index (χ0) is 14.4. The molecule has 0 aliphatic carbocycles. The highest BCUT2D eigenvalue weighted by atomic mass is 19.2. The summed E-state index contributed by atoms with van der Waals surface area (Å²) in [4.78, 5) is 25.2. The van der Waals surface area contributed by atoms with Crippen LogP contribution in [0.5, 0.6) is 0 Å². The first-order valence-electron chi connectivity index (χ1n) is 5.72. The van der Waals surface area contributed by atoms with Crippen LogP contribution < -0.4 is 10.6 Å². The molecule has 0 fully saturated rings. The predicted octanol–water partition coefficient (Wildman–Crippen LogP) is 2.35. The molecule has 0 saturated carbocycles. The van der Waals surface area contributed by atoms with E-state index in [1.165, 1.54) is 12.1 Å². The minimum absolute atomic E-state index is 0.156. The molecule has 2 amide bonds. The second kappa shape index (κ2) is 4.12. The van der Waals surface area contributed by atoms with Crippen molar-refractivity contribution in [1.82, 2.24) is 0 Å². The Morgan fingerprint density at radius 1 is 0.900 bits per heavy atom. The molecule has 0 saturated heterocycles. The van der Waals surface area contributed by atoms with Crippen LogP contribution in [-0.2, 0) is 0 Å². The van der Waals surface area contributed by atoms with Gasteiger partial charge >= 0.3 is 0 Å². The maximum Gasteiger partial charge on any atom is 0.266 e. The number of carbonyl (C=O) groups excluding carboxylic acids is 2. The Balaban J connectivity index is 2.14. The Labute approximate surface area is 112 Å². The number of nitrogens with two attached hydrogens (primary N) is 1. The van der Waals surface area contributed by atoms with Gasteiger partial charge in [0.2, 0.25) is 0 Å². The van der Waals surface area contributed by atoms with Crippen LogP contribution in [0, 0.1) is 11.6 Å². The summed E-state index contributed by atoms with van der Waals surface area (Å²) in [6.45, 7) is 0. The Bertz CT molecular complexity index is 718. The van der Waals surface area contributed by atoms with E-state index in [1.807, 2.05) is 0 Å². The van der Waals surface area contributed by atoms with E-state index in [0.717, 1.165) is 17.0 Å². The summed E-state index contributed by atoms with van der Waals surface area (Å²) in [6.07, 6.45) is 0. The molecule has 2 N–H and O–H groups in total. The molecule has 100 valence electrons. The minimum Gasteiger partial charge on any atom is -0.399 e. The molecule has 2 aromatic rings. The molecule has 0 unspecified atom stereocenters. The van der Waals surface area contributed by atoms with Gasteiger partial charge in [0.15, 0.2) is 11.6 Å². The lowest BCUT2D eigenvalue weighted by molar-refractivity contribution is 0.0926. The number of fused-ring (bicyclic) bond motifs is 1. The van der Waals surface area contributed by atoms with Gasteiger partial charge in [0.1, 0.15) is 0 Å². The number of carbonyl (C=O) groups is 2. The SMILES string of the molecule is Nc1cccc(N2C(=O)c3cc(F)c(F)cc3C2=O)c1. The van der Waals surface area contributed by atoms with E-state index >= 15 is 0 Å². The van der Waals surface area contributed by atoms with E-state index in [0.29, 0.717) is 5.69 Å². The number of hydrogen-bond donors (Lipinski definition) is 1. The standard InChI is InChI=1S/C14H8F2N2O2/c15-11-5-9-10(6-12(11)16)14(20)18(13(9)19)8-3-1-2-7(17)4-8/h1-6H,17H2. The van der Waals surface area contributed by atoms with Gasteiger partial charge in [-0.2, -0.15) is 0 Å². The summed E-state index contributed by atoms with van der Waals surface area (Å²) in [5.74, 6) is -3.73. The summed E-state index contributed by atoms with van der Waals surface area (Å²) in [7, 11) is 0. The molecule has 0 radical (unpaired) electrons. The summed E-state index contributed by atoms with van der Waals surface area (Å²) >= 11 is 0. The molecule has 0 spiro atoms. The van der Waals surface area contributed by atoms with Crippen molar-refractivity contribution in [3.63, 3.8) is 0 Å². The lowest BCUT2D eigenvalue weighted by Crippen LogP contribution is -2.29. The van der Waals surface area contributed by atoms with Crippen molar-refractivity contribution in [3.8, 4) is 0 Å². The molecule has 1 heterocycles. The highest BCUT2D eigenvalue weighted by Crippen LogP contribution is 2.30. The molecule has 6 heteroatoms. The van der Waals surface area contributed by atoms with Crippen LogP contribution >= 0.6 is 0 Å². The molecular weight excluding hydrogens is 266 g/mol. The average molecular weight is 274 g/mol.